The highest BCUT2D eigenvalue weighted by molar-refractivity contribution is 8.00. The largest absolute Gasteiger partial charge is 0.313 e. The molecule has 0 bridgehead atoms. The minimum Gasteiger partial charge on any atom is -0.313 e. The van der Waals surface area contributed by atoms with E-state index in [-0.39, 0.29) is 0 Å². The molecule has 2 unspecified atom stereocenters. The van der Waals surface area contributed by atoms with Crippen LogP contribution in [0.2, 0.25) is 0 Å². The van der Waals surface area contributed by atoms with Crippen molar-refractivity contribution in [3.63, 3.8) is 0 Å². The van der Waals surface area contributed by atoms with Gasteiger partial charge in [0.15, 0.2) is 0 Å². The molecule has 2 aromatic rings. The maximum atomic E-state index is 3.77. The van der Waals surface area contributed by atoms with E-state index in [1.165, 1.54) is 28.9 Å². The fourth-order valence-electron chi connectivity index (χ4n) is 2.76. The van der Waals surface area contributed by atoms with Gasteiger partial charge in [-0.15, -0.1) is 11.8 Å². The lowest BCUT2D eigenvalue weighted by Gasteiger charge is -2.24. The summed E-state index contributed by atoms with van der Waals surface area (Å²) < 4.78 is 0. The Morgan fingerprint density at radius 1 is 1.30 bits per heavy atom. The molecule has 2 heterocycles. The van der Waals surface area contributed by atoms with E-state index in [0.29, 0.717) is 11.3 Å². The molecule has 1 aliphatic rings. The summed E-state index contributed by atoms with van der Waals surface area (Å²) >= 11 is 3.86. The predicted molar refractivity (Wildman–Crippen MR) is 89.9 cm³/mol. The molecule has 1 aromatic heterocycles. The van der Waals surface area contributed by atoms with Gasteiger partial charge < -0.3 is 5.32 Å². The van der Waals surface area contributed by atoms with Gasteiger partial charge in [0.05, 0.1) is 0 Å². The summed E-state index contributed by atoms with van der Waals surface area (Å²) in [4.78, 5) is 1.48. The molecule has 1 aromatic carbocycles. The van der Waals surface area contributed by atoms with Gasteiger partial charge in [-0.25, -0.2) is 0 Å². The second-order valence-corrected chi connectivity index (χ2v) is 7.43. The van der Waals surface area contributed by atoms with E-state index >= 15 is 0 Å². The van der Waals surface area contributed by atoms with Gasteiger partial charge in [0, 0.05) is 16.2 Å². The highest BCUT2D eigenvalue weighted by Gasteiger charge is 2.29. The van der Waals surface area contributed by atoms with Gasteiger partial charge in [-0.05, 0) is 59.8 Å². The quantitative estimate of drug-likeness (QED) is 0.850. The van der Waals surface area contributed by atoms with Crippen molar-refractivity contribution in [2.75, 3.05) is 6.54 Å². The van der Waals surface area contributed by atoms with Crippen molar-refractivity contribution in [2.24, 2.45) is 0 Å². The highest BCUT2D eigenvalue weighted by atomic mass is 32.2. The standard InChI is InChI=1S/C17H21NS2/c1-2-8-18-15(10-13-7-9-19-12-13)17-11-14-5-3-4-6-16(14)20-17/h3-7,9,12,15,17-18H,2,8,10-11H2,1H3. The van der Waals surface area contributed by atoms with E-state index in [9.17, 15) is 0 Å². The van der Waals surface area contributed by atoms with Gasteiger partial charge in [-0.3, -0.25) is 0 Å². The van der Waals surface area contributed by atoms with Crippen LogP contribution in [0.4, 0.5) is 0 Å². The predicted octanol–water partition coefficient (Wildman–Crippen LogP) is 4.38. The lowest BCUT2D eigenvalue weighted by molar-refractivity contribution is 0.491. The second kappa shape index (κ2) is 6.79. The zero-order valence-corrected chi connectivity index (χ0v) is 13.5. The lowest BCUT2D eigenvalue weighted by Crippen LogP contribution is -2.40. The average molecular weight is 303 g/mol. The third kappa shape index (κ3) is 3.27. The number of thiophene rings is 1. The minimum atomic E-state index is 0.571. The van der Waals surface area contributed by atoms with Gasteiger partial charge in [-0.2, -0.15) is 11.3 Å². The van der Waals surface area contributed by atoms with E-state index in [2.05, 4.69) is 65.1 Å². The molecule has 2 atom stereocenters. The van der Waals surface area contributed by atoms with Gasteiger partial charge in [0.25, 0.3) is 0 Å². The first kappa shape index (κ1) is 14.2. The number of thioether (sulfide) groups is 1. The van der Waals surface area contributed by atoms with Gasteiger partial charge >= 0.3 is 0 Å². The van der Waals surface area contributed by atoms with Crippen molar-refractivity contribution >= 4 is 23.1 Å². The zero-order valence-electron chi connectivity index (χ0n) is 11.8. The van der Waals surface area contributed by atoms with Crippen molar-refractivity contribution in [2.45, 2.75) is 42.4 Å². The van der Waals surface area contributed by atoms with Crippen LogP contribution in [0.25, 0.3) is 0 Å². The Balaban J connectivity index is 1.70. The Bertz CT molecular complexity index is 511. The summed E-state index contributed by atoms with van der Waals surface area (Å²) in [6.45, 7) is 3.35. The number of fused-ring (bicyclic) bond motifs is 1. The fraction of sp³-hybridized carbons (Fsp3) is 0.412. The topological polar surface area (TPSA) is 12.0 Å². The van der Waals surface area contributed by atoms with Gasteiger partial charge in [0.1, 0.15) is 0 Å². The summed E-state index contributed by atoms with van der Waals surface area (Å²) in [6, 6.07) is 11.7. The third-order valence-corrected chi connectivity index (χ3v) is 6.00. The minimum absolute atomic E-state index is 0.571. The highest BCUT2D eigenvalue weighted by Crippen LogP contribution is 2.39. The van der Waals surface area contributed by atoms with Gasteiger partial charge in [0.2, 0.25) is 0 Å². The summed E-state index contributed by atoms with van der Waals surface area (Å²) in [6.07, 6.45) is 3.55. The number of hydrogen-bond donors (Lipinski definition) is 1. The normalized spacial score (nSPS) is 18.9. The smallest absolute Gasteiger partial charge is 0.0292 e. The molecule has 3 heteroatoms. The Labute approximate surface area is 129 Å². The summed E-state index contributed by atoms with van der Waals surface area (Å²) in [5.74, 6) is 0. The third-order valence-electron chi connectivity index (χ3n) is 3.81. The number of benzene rings is 1. The fourth-order valence-corrected chi connectivity index (χ4v) is 4.85. The van der Waals surface area contributed by atoms with E-state index in [4.69, 9.17) is 0 Å². The summed E-state index contributed by atoms with van der Waals surface area (Å²) in [5, 5.41) is 8.90. The lowest BCUT2D eigenvalue weighted by atomic mass is 10.00. The molecule has 0 spiro atoms. The molecule has 20 heavy (non-hydrogen) atoms. The van der Waals surface area contributed by atoms with E-state index in [0.717, 1.165) is 13.0 Å². The van der Waals surface area contributed by atoms with Crippen LogP contribution in [0.5, 0.6) is 0 Å². The monoisotopic (exact) mass is 303 g/mol. The molecule has 3 rings (SSSR count). The van der Waals surface area contributed by atoms with Crippen LogP contribution in [-0.2, 0) is 12.8 Å². The van der Waals surface area contributed by atoms with Crippen molar-refractivity contribution in [1.29, 1.82) is 0 Å². The molecule has 106 valence electrons. The molecule has 1 aliphatic heterocycles. The van der Waals surface area contributed by atoms with Crippen molar-refractivity contribution in [3.05, 3.63) is 52.2 Å². The molecule has 0 aliphatic carbocycles. The van der Waals surface area contributed by atoms with Crippen molar-refractivity contribution in [3.8, 4) is 0 Å². The first-order valence-corrected chi connectivity index (χ1v) is 9.18. The maximum absolute atomic E-state index is 3.77. The number of nitrogens with one attached hydrogen (secondary N) is 1. The molecule has 1 N–H and O–H groups in total. The molecule has 0 saturated carbocycles. The Morgan fingerprint density at radius 3 is 2.95 bits per heavy atom. The SMILES string of the molecule is CCCNC(Cc1ccsc1)C1Cc2ccccc2S1. The number of rotatable bonds is 6. The Hall–Kier alpha value is -0.770. The first-order valence-electron chi connectivity index (χ1n) is 7.36. The average Bonchev–Trinajstić information content (AvgIpc) is 3.12. The molecule has 0 amide bonds. The molecule has 0 radical (unpaired) electrons. The number of hydrogen-bond acceptors (Lipinski definition) is 3. The van der Waals surface area contributed by atoms with Crippen LogP contribution >= 0.6 is 23.1 Å². The van der Waals surface area contributed by atoms with Crippen LogP contribution < -0.4 is 5.32 Å². The van der Waals surface area contributed by atoms with Crippen LogP contribution in [-0.4, -0.2) is 17.8 Å². The molecular weight excluding hydrogens is 282 g/mol. The van der Waals surface area contributed by atoms with Crippen LogP contribution in [0.15, 0.2) is 46.0 Å². The molecule has 1 nitrogen and oxygen atoms in total. The van der Waals surface area contributed by atoms with Crippen molar-refractivity contribution in [1.82, 2.24) is 5.32 Å². The van der Waals surface area contributed by atoms with E-state index in [1.54, 1.807) is 11.3 Å². The van der Waals surface area contributed by atoms with Crippen LogP contribution in [0.1, 0.15) is 24.5 Å². The second-order valence-electron chi connectivity index (χ2n) is 5.36. The Kier molecular flexibility index (Phi) is 4.81. The molecular formula is C17H21NS2. The molecule has 0 fully saturated rings. The summed E-state index contributed by atoms with van der Waals surface area (Å²) in [7, 11) is 0. The summed E-state index contributed by atoms with van der Waals surface area (Å²) in [5.41, 5.74) is 3.00. The van der Waals surface area contributed by atoms with Crippen LogP contribution in [0.3, 0.4) is 0 Å². The van der Waals surface area contributed by atoms with Crippen LogP contribution in [0, 0.1) is 0 Å². The van der Waals surface area contributed by atoms with E-state index < -0.39 is 0 Å². The maximum Gasteiger partial charge on any atom is 0.0292 e. The molecule has 0 saturated heterocycles. The zero-order chi connectivity index (χ0) is 13.8. The van der Waals surface area contributed by atoms with Gasteiger partial charge in [-0.1, -0.05) is 25.1 Å². The Morgan fingerprint density at radius 2 is 2.20 bits per heavy atom. The van der Waals surface area contributed by atoms with Crippen molar-refractivity contribution < 1.29 is 0 Å². The van der Waals surface area contributed by atoms with E-state index in [1.807, 2.05) is 0 Å². The first-order chi connectivity index (χ1) is 9.86.